The van der Waals surface area contributed by atoms with E-state index in [1.165, 1.54) is 16.8 Å². The highest BCUT2D eigenvalue weighted by molar-refractivity contribution is 8.18. The summed E-state index contributed by atoms with van der Waals surface area (Å²) in [6.45, 7) is 47.7. The Morgan fingerprint density at radius 2 is 1.17 bits per heavy atom. The van der Waals surface area contributed by atoms with E-state index in [2.05, 4.69) is 221 Å². The minimum Gasteiger partial charge on any atom is -0.413 e. The molecule has 2 fully saturated rings. The van der Waals surface area contributed by atoms with Gasteiger partial charge >= 0.3 is 0 Å². The molecule has 2 aromatic carbocycles. The number of hydrogen-bond acceptors (Lipinski definition) is 7. The maximum Gasteiger partial charge on any atom is 0.261 e. The van der Waals surface area contributed by atoms with Crippen LogP contribution in [0.4, 0.5) is 0 Å². The van der Waals surface area contributed by atoms with Gasteiger partial charge in [0.1, 0.15) is 0 Å². The van der Waals surface area contributed by atoms with E-state index in [9.17, 15) is 0 Å². The Kier molecular flexibility index (Phi) is 17.1. The fraction of sp³-hybridized carbons (Fsp3) is 0.760. The molecule has 0 spiro atoms. The third-order valence-electron chi connectivity index (χ3n) is 14.7. The molecule has 342 valence electrons. The fourth-order valence-corrected chi connectivity index (χ4v) is 20.2. The Morgan fingerprint density at radius 3 is 1.60 bits per heavy atom. The Morgan fingerprint density at radius 1 is 0.700 bits per heavy atom. The third-order valence-corrected chi connectivity index (χ3v) is 32.5. The van der Waals surface area contributed by atoms with Gasteiger partial charge in [0.25, 0.3) is 8.32 Å². The van der Waals surface area contributed by atoms with Crippen LogP contribution in [0.5, 0.6) is 0 Å². The maximum absolute atomic E-state index is 7.71. The lowest BCUT2D eigenvalue weighted by atomic mass is 9.81. The SMILES string of the molecule is CC(C)[C@@H](O[Si](C)(C)C(C)(C)C)[C@@H](C)[C@@H](CC1([C@@H](C)[C@@H]2OC(C)(C)O[C@@H](CO[Si](c3ccccc3)(c3ccccc3)C(C)(C)C)[C@H]2C)SCCCS1)O[Si](C)(C)C(C)(C)C. The average molecular weight is 918 g/mol. The summed E-state index contributed by atoms with van der Waals surface area (Å²) in [7, 11) is -7.01. The molecule has 0 N–H and O–H groups in total. The molecular weight excluding hydrogens is 829 g/mol. The van der Waals surface area contributed by atoms with Crippen molar-refractivity contribution in [1.29, 1.82) is 0 Å². The van der Waals surface area contributed by atoms with Crippen LogP contribution in [0.1, 0.15) is 124 Å². The van der Waals surface area contributed by atoms with Crippen LogP contribution >= 0.6 is 23.5 Å². The summed E-state index contributed by atoms with van der Waals surface area (Å²) < 4.78 is 36.7. The maximum atomic E-state index is 7.71. The van der Waals surface area contributed by atoms with Crippen LogP contribution in [0.25, 0.3) is 0 Å². The number of benzene rings is 2. The van der Waals surface area contributed by atoms with E-state index >= 15 is 0 Å². The van der Waals surface area contributed by atoms with Crippen molar-refractivity contribution in [3.05, 3.63) is 60.7 Å². The summed E-state index contributed by atoms with van der Waals surface area (Å²) in [6.07, 6.45) is 2.15. The molecule has 0 aliphatic carbocycles. The largest absolute Gasteiger partial charge is 0.413 e. The number of thioether (sulfide) groups is 2. The topological polar surface area (TPSA) is 46.2 Å². The van der Waals surface area contributed by atoms with E-state index < -0.39 is 30.7 Å². The lowest BCUT2D eigenvalue weighted by Gasteiger charge is -2.54. The van der Waals surface area contributed by atoms with E-state index in [4.69, 9.17) is 22.8 Å². The van der Waals surface area contributed by atoms with Gasteiger partial charge in [-0.1, -0.05) is 158 Å². The predicted octanol–water partition coefficient (Wildman–Crippen LogP) is 13.4. The molecule has 2 aliphatic heterocycles. The van der Waals surface area contributed by atoms with Crippen LogP contribution < -0.4 is 10.4 Å². The number of ether oxygens (including phenoxy) is 2. The first kappa shape index (κ1) is 52.2. The van der Waals surface area contributed by atoms with Crippen molar-refractivity contribution >= 4 is 58.8 Å². The van der Waals surface area contributed by atoms with Crippen LogP contribution in [0.2, 0.25) is 41.3 Å². The number of rotatable bonds is 16. The van der Waals surface area contributed by atoms with Gasteiger partial charge in [-0.25, -0.2) is 0 Å². The molecule has 4 rings (SSSR count). The molecule has 2 aromatic rings. The van der Waals surface area contributed by atoms with Gasteiger partial charge in [-0.3, -0.25) is 0 Å². The van der Waals surface area contributed by atoms with Gasteiger partial charge in [0.2, 0.25) is 0 Å². The molecule has 7 atom stereocenters. The Labute approximate surface area is 381 Å². The summed E-state index contributed by atoms with van der Waals surface area (Å²) in [5.74, 6) is 2.45. The summed E-state index contributed by atoms with van der Waals surface area (Å²) in [4.78, 5) is 0. The van der Waals surface area contributed by atoms with E-state index in [0.717, 1.165) is 17.9 Å². The fourth-order valence-electron chi connectivity index (χ4n) is 9.02. The van der Waals surface area contributed by atoms with Crippen molar-refractivity contribution in [2.75, 3.05) is 18.1 Å². The highest BCUT2D eigenvalue weighted by Gasteiger charge is 2.56. The average Bonchev–Trinajstić information content (AvgIpc) is 3.14. The molecule has 0 saturated carbocycles. The van der Waals surface area contributed by atoms with Gasteiger partial charge in [-0.15, -0.1) is 23.5 Å². The first-order valence-electron chi connectivity index (χ1n) is 23.2. The summed E-state index contributed by atoms with van der Waals surface area (Å²) in [5, 5.41) is 2.68. The highest BCUT2D eigenvalue weighted by atomic mass is 32.2. The van der Waals surface area contributed by atoms with Crippen molar-refractivity contribution in [3.8, 4) is 0 Å². The highest BCUT2D eigenvalue weighted by Crippen LogP contribution is 2.56. The van der Waals surface area contributed by atoms with Crippen LogP contribution in [-0.2, 0) is 22.8 Å². The zero-order chi connectivity index (χ0) is 45.3. The molecule has 5 nitrogen and oxygen atoms in total. The van der Waals surface area contributed by atoms with Crippen LogP contribution in [0.3, 0.4) is 0 Å². The number of hydrogen-bond donors (Lipinski definition) is 0. The second-order valence-corrected chi connectivity index (χ2v) is 40.1. The molecule has 60 heavy (non-hydrogen) atoms. The van der Waals surface area contributed by atoms with E-state index in [1.807, 2.05) is 0 Å². The van der Waals surface area contributed by atoms with Gasteiger partial charge in [0.05, 0.1) is 35.1 Å². The van der Waals surface area contributed by atoms with E-state index in [0.29, 0.717) is 12.5 Å². The monoisotopic (exact) mass is 917 g/mol. The zero-order valence-electron chi connectivity index (χ0n) is 41.8. The Bertz CT molecular complexity index is 1590. The van der Waals surface area contributed by atoms with Crippen LogP contribution in [-0.4, -0.2) is 77.3 Å². The zero-order valence-corrected chi connectivity index (χ0v) is 46.4. The van der Waals surface area contributed by atoms with Gasteiger partial charge in [0.15, 0.2) is 22.4 Å². The second-order valence-electron chi connectivity index (χ2n) is 23.2. The predicted molar refractivity (Wildman–Crippen MR) is 271 cm³/mol. The lowest BCUT2D eigenvalue weighted by molar-refractivity contribution is -0.330. The quantitative estimate of drug-likeness (QED) is 0.155. The first-order valence-corrected chi connectivity index (χ1v) is 32.9. The summed E-state index contributed by atoms with van der Waals surface area (Å²) in [5.41, 5.74) is 0. The summed E-state index contributed by atoms with van der Waals surface area (Å²) in [6, 6.07) is 22.0. The second kappa shape index (κ2) is 19.6. The van der Waals surface area contributed by atoms with Crippen LogP contribution in [0, 0.1) is 23.7 Å². The Balaban J connectivity index is 1.76. The minimum absolute atomic E-state index is 0.0344. The van der Waals surface area contributed by atoms with Crippen molar-refractivity contribution in [2.24, 2.45) is 23.7 Å². The van der Waals surface area contributed by atoms with Gasteiger partial charge in [-0.05, 0) is 95.8 Å². The molecule has 0 bridgehead atoms. The molecule has 0 unspecified atom stereocenters. The van der Waals surface area contributed by atoms with Crippen molar-refractivity contribution < 1.29 is 22.8 Å². The minimum atomic E-state index is -2.78. The molecule has 0 amide bonds. The Hall–Kier alpha value is -0.409. The third kappa shape index (κ3) is 11.7. The molecular formula is C50H88O5S2Si3. The molecule has 2 aliphatic rings. The van der Waals surface area contributed by atoms with Gasteiger partial charge in [-0.2, -0.15) is 0 Å². The van der Waals surface area contributed by atoms with Gasteiger partial charge in [0, 0.05) is 17.8 Å². The summed E-state index contributed by atoms with van der Waals surface area (Å²) >= 11 is 4.34. The lowest BCUT2D eigenvalue weighted by Crippen LogP contribution is -2.68. The normalized spacial score (nSPS) is 24.2. The molecule has 0 radical (unpaired) electrons. The van der Waals surface area contributed by atoms with Gasteiger partial charge < -0.3 is 22.8 Å². The smallest absolute Gasteiger partial charge is 0.261 e. The molecule has 2 heterocycles. The van der Waals surface area contributed by atoms with Crippen LogP contribution in [0.15, 0.2) is 60.7 Å². The van der Waals surface area contributed by atoms with E-state index in [1.54, 1.807) is 0 Å². The molecule has 2 saturated heterocycles. The first-order chi connectivity index (χ1) is 27.4. The van der Waals surface area contributed by atoms with Crippen molar-refractivity contribution in [3.63, 3.8) is 0 Å². The molecule has 0 aromatic heterocycles. The molecule has 10 heteroatoms. The standard InChI is InChI=1S/C50H88O5S2Si3/c1-36(2)44(55-59(19,20)47(9,10)11)37(3)42(54-58(17,18)46(6,7)8)34-50(56-32-27-33-57-50)39(5)45-38(4)43(52-49(15,16)53-45)35-51-60(48(12,13)14,40-28-23-21-24-29-40)41-30-25-22-26-31-41/h21-26,28-31,36-39,42-45H,27,32-35H2,1-20H3/t37-,38+,39-,42+,43-,44+,45+/m0/s1. The van der Waals surface area contributed by atoms with Crippen molar-refractivity contribution in [1.82, 2.24) is 0 Å². The van der Waals surface area contributed by atoms with Crippen molar-refractivity contribution in [2.45, 2.75) is 199 Å². The van der Waals surface area contributed by atoms with E-state index in [-0.39, 0.29) is 61.4 Å².